The Hall–Kier alpha value is -1.76. The van der Waals surface area contributed by atoms with Crippen LogP contribution in [-0.2, 0) is 19.0 Å². The number of aromatic nitrogens is 1. The van der Waals surface area contributed by atoms with Crippen LogP contribution in [0.2, 0.25) is 0 Å². The zero-order valence-electron chi connectivity index (χ0n) is 17.8. The van der Waals surface area contributed by atoms with Crippen molar-refractivity contribution in [2.75, 3.05) is 0 Å². The van der Waals surface area contributed by atoms with Gasteiger partial charge < -0.3 is 19.3 Å². The van der Waals surface area contributed by atoms with Crippen molar-refractivity contribution in [2.45, 2.75) is 77.7 Å². The molecule has 4 rings (SSSR count). The average molecular weight is 402 g/mol. The van der Waals surface area contributed by atoms with Crippen molar-refractivity contribution < 1.29 is 24.1 Å². The molecule has 1 N–H and O–H groups in total. The van der Waals surface area contributed by atoms with Gasteiger partial charge in [0, 0.05) is 23.7 Å². The van der Waals surface area contributed by atoms with Crippen LogP contribution in [0.1, 0.15) is 59.1 Å². The van der Waals surface area contributed by atoms with Crippen molar-refractivity contribution in [1.82, 2.24) is 4.98 Å². The number of fused-ring (bicyclic) bond motifs is 3. The Bertz CT molecular complexity index is 812. The van der Waals surface area contributed by atoms with Gasteiger partial charge in [-0.05, 0) is 49.8 Å². The van der Waals surface area contributed by atoms with E-state index in [1.807, 2.05) is 13.8 Å². The Morgan fingerprint density at radius 3 is 2.41 bits per heavy atom. The first kappa shape index (κ1) is 20.5. The molecule has 7 atom stereocenters. The number of hydrogen-bond donors (Lipinski definition) is 1. The van der Waals surface area contributed by atoms with Crippen LogP contribution in [0.3, 0.4) is 0 Å². The number of esters is 1. The summed E-state index contributed by atoms with van der Waals surface area (Å²) in [5.41, 5.74) is 0.132. The SMILES string of the molecule is C=C(C(=O)O[C@@H]1C2(O[C@@H](C)[C@@H](C)O2)[C@H]2CC[C@]1(C)C2(C)C)C(O)c1ccncc1. The quantitative estimate of drug-likeness (QED) is 0.614. The molecule has 2 bridgehead atoms. The minimum atomic E-state index is -1.15. The highest BCUT2D eigenvalue weighted by molar-refractivity contribution is 5.89. The fraction of sp³-hybridized carbons (Fsp3) is 0.652. The van der Waals surface area contributed by atoms with Crippen LogP contribution >= 0.6 is 0 Å². The van der Waals surface area contributed by atoms with Gasteiger partial charge in [0.1, 0.15) is 6.10 Å². The minimum Gasteiger partial charge on any atom is -0.453 e. The molecule has 158 valence electrons. The van der Waals surface area contributed by atoms with Gasteiger partial charge in [0.15, 0.2) is 6.10 Å². The molecule has 3 fully saturated rings. The fourth-order valence-corrected chi connectivity index (χ4v) is 5.67. The Balaban J connectivity index is 1.62. The summed E-state index contributed by atoms with van der Waals surface area (Å²) in [6.07, 6.45) is 3.15. The number of carbonyl (C=O) groups is 1. The number of carbonyl (C=O) groups excluding carboxylic acids is 1. The van der Waals surface area contributed by atoms with Gasteiger partial charge in [-0.1, -0.05) is 27.4 Å². The first-order chi connectivity index (χ1) is 13.5. The smallest absolute Gasteiger partial charge is 0.336 e. The van der Waals surface area contributed by atoms with Gasteiger partial charge in [-0.15, -0.1) is 0 Å². The Labute approximate surface area is 172 Å². The van der Waals surface area contributed by atoms with Gasteiger partial charge >= 0.3 is 5.97 Å². The Morgan fingerprint density at radius 1 is 1.24 bits per heavy atom. The Kier molecular flexibility index (Phi) is 4.68. The van der Waals surface area contributed by atoms with Crippen molar-refractivity contribution in [3.05, 3.63) is 42.2 Å². The maximum absolute atomic E-state index is 13.0. The maximum Gasteiger partial charge on any atom is 0.336 e. The predicted octanol–water partition coefficient (Wildman–Crippen LogP) is 3.56. The standard InChI is InChI=1S/C23H31NO5/c1-13(18(25)16-8-11-24-12-9-16)19(26)27-20-22(6)10-7-17(21(22,4)5)23(20)28-14(2)15(3)29-23/h8-9,11-12,14-15,17-18,20,25H,1,7,10H2,2-6H3/t14-,15+,17-,18?,20-,22-,23?/m0/s1. The number of aliphatic hydroxyl groups excluding tert-OH is 1. The second kappa shape index (κ2) is 6.62. The van der Waals surface area contributed by atoms with E-state index >= 15 is 0 Å². The maximum atomic E-state index is 13.0. The fourth-order valence-electron chi connectivity index (χ4n) is 5.67. The highest BCUT2D eigenvalue weighted by Gasteiger charge is 2.78. The van der Waals surface area contributed by atoms with E-state index in [2.05, 4.69) is 32.3 Å². The third kappa shape index (κ3) is 2.72. The highest BCUT2D eigenvalue weighted by Crippen LogP contribution is 2.72. The van der Waals surface area contributed by atoms with Crippen molar-refractivity contribution in [2.24, 2.45) is 16.7 Å². The summed E-state index contributed by atoms with van der Waals surface area (Å²) in [6, 6.07) is 3.30. The van der Waals surface area contributed by atoms with E-state index in [0.29, 0.717) is 5.56 Å². The number of rotatable bonds is 4. The van der Waals surface area contributed by atoms with Crippen LogP contribution in [0.4, 0.5) is 0 Å². The van der Waals surface area contributed by atoms with Crippen molar-refractivity contribution >= 4 is 5.97 Å². The third-order valence-electron chi connectivity index (χ3n) is 7.97. The lowest BCUT2D eigenvalue weighted by molar-refractivity contribution is -0.270. The molecule has 0 radical (unpaired) electrons. The van der Waals surface area contributed by atoms with Crippen LogP contribution < -0.4 is 0 Å². The number of pyridine rings is 1. The molecule has 1 aromatic heterocycles. The molecule has 1 saturated heterocycles. The predicted molar refractivity (Wildman–Crippen MR) is 107 cm³/mol. The van der Waals surface area contributed by atoms with Crippen LogP contribution in [0.25, 0.3) is 0 Å². The summed E-state index contributed by atoms with van der Waals surface area (Å²) in [5, 5.41) is 10.6. The summed E-state index contributed by atoms with van der Waals surface area (Å²) in [5.74, 6) is -1.45. The first-order valence-corrected chi connectivity index (χ1v) is 10.4. The largest absolute Gasteiger partial charge is 0.453 e. The summed E-state index contributed by atoms with van der Waals surface area (Å²) < 4.78 is 18.8. The second-order valence-corrected chi connectivity index (χ2v) is 9.59. The molecule has 2 aliphatic carbocycles. The van der Waals surface area contributed by atoms with Gasteiger partial charge in [-0.25, -0.2) is 4.79 Å². The van der Waals surface area contributed by atoms with Gasteiger partial charge in [0.05, 0.1) is 17.8 Å². The van der Waals surface area contributed by atoms with Gasteiger partial charge in [0.2, 0.25) is 5.79 Å². The molecule has 2 saturated carbocycles. The molecule has 1 aromatic rings. The molecule has 2 unspecified atom stereocenters. The number of ether oxygens (including phenoxy) is 3. The van der Waals surface area contributed by atoms with E-state index in [1.165, 1.54) is 0 Å². The number of hydrogen-bond acceptors (Lipinski definition) is 6. The topological polar surface area (TPSA) is 77.9 Å². The van der Waals surface area contributed by atoms with Crippen molar-refractivity contribution in [1.29, 1.82) is 0 Å². The molecular formula is C23H31NO5. The minimum absolute atomic E-state index is 0.00498. The number of nitrogens with zero attached hydrogens (tertiary/aromatic N) is 1. The molecule has 29 heavy (non-hydrogen) atoms. The zero-order valence-corrected chi connectivity index (χ0v) is 17.8. The monoisotopic (exact) mass is 401 g/mol. The molecule has 2 heterocycles. The van der Waals surface area contributed by atoms with Crippen LogP contribution in [0.5, 0.6) is 0 Å². The van der Waals surface area contributed by atoms with Gasteiger partial charge in [-0.3, -0.25) is 4.98 Å². The summed E-state index contributed by atoms with van der Waals surface area (Å²) in [6.45, 7) is 14.4. The van der Waals surface area contributed by atoms with Gasteiger partial charge in [0.25, 0.3) is 0 Å². The molecule has 1 spiro atoms. The molecule has 6 heteroatoms. The summed E-state index contributed by atoms with van der Waals surface area (Å²) in [4.78, 5) is 17.0. The molecule has 1 aliphatic heterocycles. The molecule has 6 nitrogen and oxygen atoms in total. The second-order valence-electron chi connectivity index (χ2n) is 9.59. The first-order valence-electron chi connectivity index (χ1n) is 10.4. The van der Waals surface area contributed by atoms with E-state index in [9.17, 15) is 9.90 Å². The van der Waals surface area contributed by atoms with Crippen LogP contribution in [0, 0.1) is 16.7 Å². The van der Waals surface area contributed by atoms with E-state index in [-0.39, 0.29) is 34.5 Å². The van der Waals surface area contributed by atoms with Gasteiger partial charge in [-0.2, -0.15) is 0 Å². The molecule has 0 amide bonds. The molecular weight excluding hydrogens is 370 g/mol. The Morgan fingerprint density at radius 2 is 1.83 bits per heavy atom. The number of aliphatic hydroxyl groups is 1. The van der Waals surface area contributed by atoms with Crippen LogP contribution in [0.15, 0.2) is 36.7 Å². The zero-order chi connectivity index (χ0) is 21.2. The van der Waals surface area contributed by atoms with E-state index in [4.69, 9.17) is 14.2 Å². The van der Waals surface area contributed by atoms with Crippen molar-refractivity contribution in [3.63, 3.8) is 0 Å². The average Bonchev–Trinajstić information content (AvgIpc) is 3.15. The molecule has 3 aliphatic rings. The van der Waals surface area contributed by atoms with Crippen LogP contribution in [-0.4, -0.2) is 40.2 Å². The lowest BCUT2D eigenvalue weighted by Gasteiger charge is -2.42. The normalized spacial score (nSPS) is 40.9. The van der Waals surface area contributed by atoms with E-state index in [0.717, 1.165) is 12.8 Å². The summed E-state index contributed by atoms with van der Waals surface area (Å²) >= 11 is 0. The lowest BCUT2D eigenvalue weighted by Crippen LogP contribution is -2.53. The molecule has 0 aromatic carbocycles. The van der Waals surface area contributed by atoms with E-state index in [1.54, 1.807) is 24.5 Å². The van der Waals surface area contributed by atoms with E-state index < -0.39 is 24.0 Å². The summed E-state index contributed by atoms with van der Waals surface area (Å²) in [7, 11) is 0. The third-order valence-corrected chi connectivity index (χ3v) is 7.97. The highest BCUT2D eigenvalue weighted by atomic mass is 16.8. The van der Waals surface area contributed by atoms with Crippen molar-refractivity contribution in [3.8, 4) is 0 Å². The lowest BCUT2D eigenvalue weighted by atomic mass is 9.70.